The first-order chi connectivity index (χ1) is 0. The molecular weight excluding hydrogens is 258 g/mol. The minimum Gasteiger partial charge on any atom is 0 e. The predicted octanol–water partition coefficient (Wildman–Crippen LogP) is -0.0100. The average molecular weight is 258 g/mol. The molecular formula is CoCrMoV. The van der Waals surface area contributed by atoms with Gasteiger partial charge in [-0.3, -0.25) is 0 Å². The molecule has 0 fully saturated rings. The Hall–Kier alpha value is 2.31. The second-order valence-corrected chi connectivity index (χ2v) is 0. The van der Waals surface area contributed by atoms with Crippen LogP contribution in [-0.2, 0) is 73.8 Å². The molecule has 0 heterocycles. The van der Waals surface area contributed by atoms with Crippen molar-refractivity contribution in [3.05, 3.63) is 0 Å². The van der Waals surface area contributed by atoms with Gasteiger partial charge in [0.05, 0.1) is 0 Å². The smallest absolute Gasteiger partial charge is 0 e. The van der Waals surface area contributed by atoms with Crippen molar-refractivity contribution in [2.75, 3.05) is 0 Å². The van der Waals surface area contributed by atoms with E-state index < -0.39 is 0 Å². The Balaban J connectivity index is 0. The van der Waals surface area contributed by atoms with Crippen LogP contribution in [-0.4, -0.2) is 0 Å². The molecule has 0 aliphatic rings. The Morgan fingerprint density at radius 1 is 1.00 bits per heavy atom. The third-order valence-corrected chi connectivity index (χ3v) is 0. The Morgan fingerprint density at radius 3 is 1.00 bits per heavy atom. The summed E-state index contributed by atoms with van der Waals surface area (Å²) in [7, 11) is 0. The molecule has 0 saturated carbocycles. The van der Waals surface area contributed by atoms with Crippen molar-refractivity contribution >= 4 is 0 Å². The Morgan fingerprint density at radius 2 is 1.00 bits per heavy atom. The van der Waals surface area contributed by atoms with Crippen molar-refractivity contribution in [2.45, 2.75) is 0 Å². The molecule has 4 heavy (non-hydrogen) atoms. The third kappa shape index (κ3) is 8.85. The van der Waals surface area contributed by atoms with E-state index in [1.165, 1.54) is 0 Å². The first-order valence-corrected chi connectivity index (χ1v) is 0. The van der Waals surface area contributed by atoms with Gasteiger partial charge in [-0.15, -0.1) is 0 Å². The van der Waals surface area contributed by atoms with Gasteiger partial charge in [0.1, 0.15) is 0 Å². The van der Waals surface area contributed by atoms with E-state index in [0.717, 1.165) is 0 Å². The van der Waals surface area contributed by atoms with Gasteiger partial charge in [-0.1, -0.05) is 0 Å². The summed E-state index contributed by atoms with van der Waals surface area (Å²) in [6.45, 7) is 0. The molecule has 0 saturated heterocycles. The molecule has 4 heteroatoms. The van der Waals surface area contributed by atoms with Crippen LogP contribution < -0.4 is 0 Å². The monoisotopic (exact) mass is 260 g/mol. The zero-order chi connectivity index (χ0) is 0. The third-order valence-electron chi connectivity index (χ3n) is 0. The van der Waals surface area contributed by atoms with E-state index in [2.05, 4.69) is 0 Å². The van der Waals surface area contributed by atoms with Crippen molar-refractivity contribution < 1.29 is 73.8 Å². The van der Waals surface area contributed by atoms with Gasteiger partial charge in [0.2, 0.25) is 0 Å². The largest absolute Gasteiger partial charge is 0 e. The molecule has 0 N–H and O–H groups in total. The maximum absolute atomic E-state index is 0. The van der Waals surface area contributed by atoms with Gasteiger partial charge >= 0.3 is 0 Å². The van der Waals surface area contributed by atoms with Crippen molar-refractivity contribution in [3.63, 3.8) is 0 Å². The van der Waals surface area contributed by atoms with E-state index in [0.29, 0.717) is 0 Å². The molecule has 0 spiro atoms. The van der Waals surface area contributed by atoms with E-state index in [9.17, 15) is 0 Å². The molecule has 0 aliphatic carbocycles. The number of rotatable bonds is 0. The Bertz CT molecular complexity index is 8.00. The van der Waals surface area contributed by atoms with Crippen LogP contribution in [0.4, 0.5) is 0 Å². The summed E-state index contributed by atoms with van der Waals surface area (Å²) in [5.74, 6) is 0. The van der Waals surface area contributed by atoms with Crippen LogP contribution in [0.2, 0.25) is 0 Å². The van der Waals surface area contributed by atoms with Gasteiger partial charge in [0, 0.05) is 73.8 Å². The minimum atomic E-state index is 0. The molecule has 0 unspecified atom stereocenters. The molecule has 0 amide bonds. The molecule has 0 rings (SSSR count). The van der Waals surface area contributed by atoms with Crippen molar-refractivity contribution in [2.24, 2.45) is 0 Å². The summed E-state index contributed by atoms with van der Waals surface area (Å²) in [4.78, 5) is 0. The molecule has 2 radical (unpaired) electrons. The first kappa shape index (κ1) is 33.3. The zero-order valence-corrected chi connectivity index (χ0v) is 7.32. The van der Waals surface area contributed by atoms with E-state index in [1.807, 2.05) is 0 Å². The van der Waals surface area contributed by atoms with Crippen LogP contribution in [0, 0.1) is 0 Å². The summed E-state index contributed by atoms with van der Waals surface area (Å²) in [5, 5.41) is 0. The van der Waals surface area contributed by atoms with E-state index in [1.54, 1.807) is 0 Å². The normalized spacial score (nSPS) is 0. The van der Waals surface area contributed by atoms with Gasteiger partial charge in [-0.25, -0.2) is 0 Å². The van der Waals surface area contributed by atoms with Crippen LogP contribution in [0.5, 0.6) is 0 Å². The molecule has 0 nitrogen and oxygen atoms in total. The quantitative estimate of drug-likeness (QED) is 0.536. The van der Waals surface area contributed by atoms with Crippen molar-refractivity contribution in [1.29, 1.82) is 0 Å². The van der Waals surface area contributed by atoms with Gasteiger partial charge in [-0.2, -0.15) is 0 Å². The van der Waals surface area contributed by atoms with Gasteiger partial charge in [-0.05, 0) is 0 Å². The fourth-order valence-corrected chi connectivity index (χ4v) is 0. The van der Waals surface area contributed by atoms with Crippen molar-refractivity contribution in [1.82, 2.24) is 0 Å². The SMILES string of the molecule is [Co].[Cr].[Mo].[V]. The van der Waals surface area contributed by atoms with Crippen LogP contribution in [0.25, 0.3) is 0 Å². The fourth-order valence-electron chi connectivity index (χ4n) is 0. The molecule has 0 aromatic carbocycles. The molecule has 0 bridgehead atoms. The summed E-state index contributed by atoms with van der Waals surface area (Å²) in [5.41, 5.74) is 0. The molecule has 0 aliphatic heterocycles. The number of hydrogen-bond donors (Lipinski definition) is 0. The zero-order valence-electron chi connectivity index (χ0n) is 1.60. The minimum absolute atomic E-state index is 0. The van der Waals surface area contributed by atoms with Gasteiger partial charge in [0.25, 0.3) is 0 Å². The molecule has 0 atom stereocenters. The summed E-state index contributed by atoms with van der Waals surface area (Å²) in [6.07, 6.45) is 0. The Kier molecular flexibility index (Phi) is 154. The topological polar surface area (TPSA) is 0 Å². The van der Waals surface area contributed by atoms with Crippen LogP contribution in [0.3, 0.4) is 0 Å². The number of hydrogen-bond acceptors (Lipinski definition) is 0. The fraction of sp³-hybridized carbons (Fsp3) is 0. The van der Waals surface area contributed by atoms with Crippen LogP contribution in [0.15, 0.2) is 0 Å². The molecule has 0 aromatic heterocycles. The van der Waals surface area contributed by atoms with E-state index in [-0.39, 0.29) is 73.8 Å². The second kappa shape index (κ2) is 18.5. The van der Waals surface area contributed by atoms with Crippen LogP contribution >= 0.6 is 0 Å². The standard InChI is InChI=1S/Co.Cr.Mo.V. The predicted molar refractivity (Wildman–Crippen MR) is 0 cm³/mol. The van der Waals surface area contributed by atoms with E-state index >= 15 is 0 Å². The molecule has 26 valence electrons. The Labute approximate surface area is 73.0 Å². The van der Waals surface area contributed by atoms with Gasteiger partial charge in [0.15, 0.2) is 0 Å². The first-order valence-electron chi connectivity index (χ1n) is 0. The second-order valence-electron chi connectivity index (χ2n) is 0. The summed E-state index contributed by atoms with van der Waals surface area (Å²) < 4.78 is 0. The van der Waals surface area contributed by atoms with E-state index in [4.69, 9.17) is 0 Å². The van der Waals surface area contributed by atoms with Gasteiger partial charge < -0.3 is 0 Å². The average Bonchev–Trinajstić information content (AvgIpc) is 0. The van der Waals surface area contributed by atoms with Crippen molar-refractivity contribution in [3.8, 4) is 0 Å². The summed E-state index contributed by atoms with van der Waals surface area (Å²) >= 11 is 0. The van der Waals surface area contributed by atoms with Crippen LogP contribution in [0.1, 0.15) is 0 Å². The maximum Gasteiger partial charge on any atom is 0 e. The molecule has 0 aromatic rings. The summed E-state index contributed by atoms with van der Waals surface area (Å²) in [6, 6.07) is 0. The maximum atomic E-state index is 0.